The average Bonchev–Trinajstić information content (AvgIpc) is 3.68. The number of aromatic nitrogens is 7. The van der Waals surface area contributed by atoms with Crippen LogP contribution in [0, 0.1) is 0 Å². The molecule has 11 rings (SSSR count). The van der Waals surface area contributed by atoms with Gasteiger partial charge in [0.05, 0.1) is 5.52 Å². The summed E-state index contributed by atoms with van der Waals surface area (Å²) < 4.78 is 7.81. The van der Waals surface area contributed by atoms with Gasteiger partial charge in [0.2, 0.25) is 0 Å². The van der Waals surface area contributed by atoms with Gasteiger partial charge in [-0.3, -0.25) is 0 Å². The first-order valence-corrected chi connectivity index (χ1v) is 18.8. The molecule has 58 heavy (non-hydrogen) atoms. The smallest absolute Gasteiger partial charge is 0.356 e. The highest BCUT2D eigenvalue weighted by Crippen LogP contribution is 2.39. The van der Waals surface area contributed by atoms with Crippen molar-refractivity contribution in [2.45, 2.75) is 0 Å². The molecule has 0 bridgehead atoms. The predicted octanol–water partition coefficient (Wildman–Crippen LogP) is 10.7. The Labute approximate surface area is 330 Å². The van der Waals surface area contributed by atoms with E-state index in [-0.39, 0.29) is 0 Å². The van der Waals surface area contributed by atoms with E-state index in [4.69, 9.17) is 24.4 Å². The molecule has 0 unspecified atom stereocenters. The minimum atomic E-state index is -0.430. The van der Waals surface area contributed by atoms with Crippen molar-refractivity contribution in [3.8, 4) is 67.8 Å². The molecule has 0 fully saturated rings. The van der Waals surface area contributed by atoms with Gasteiger partial charge in [-0.15, -0.1) is 0 Å². The van der Waals surface area contributed by atoms with Crippen LogP contribution in [0.1, 0.15) is 0 Å². The molecule has 4 aromatic heterocycles. The third-order valence-corrected chi connectivity index (χ3v) is 10.4. The second-order valence-electron chi connectivity index (χ2n) is 14.0. The van der Waals surface area contributed by atoms with Crippen molar-refractivity contribution >= 4 is 38.5 Å². The van der Waals surface area contributed by atoms with Crippen LogP contribution in [0.15, 0.2) is 185 Å². The third kappa shape index (κ3) is 5.77. The number of benzene rings is 7. The molecule has 9 nitrogen and oxygen atoms in total. The molecule has 272 valence electrons. The van der Waals surface area contributed by atoms with Gasteiger partial charge in [-0.1, -0.05) is 133 Å². The number of furan rings is 1. The van der Waals surface area contributed by atoms with Crippen molar-refractivity contribution in [3.63, 3.8) is 0 Å². The molecule has 9 heteroatoms. The molecule has 11 aromatic rings. The summed E-state index contributed by atoms with van der Waals surface area (Å²) in [5, 5.41) is 2.74. The highest BCUT2D eigenvalue weighted by molar-refractivity contribution is 6.14. The fraction of sp³-hybridized carbons (Fsp3) is 0. The summed E-state index contributed by atoms with van der Waals surface area (Å²) in [6, 6.07) is 56.2. The number of hydrogen-bond donors (Lipinski definition) is 0. The van der Waals surface area contributed by atoms with Crippen molar-refractivity contribution in [2.24, 2.45) is 0 Å². The van der Waals surface area contributed by atoms with Crippen LogP contribution in [0.5, 0.6) is 0 Å². The second kappa shape index (κ2) is 13.5. The van der Waals surface area contributed by atoms with Gasteiger partial charge >= 0.3 is 5.69 Å². The van der Waals surface area contributed by atoms with E-state index in [1.54, 1.807) is 0 Å². The fourth-order valence-electron chi connectivity index (χ4n) is 7.56. The van der Waals surface area contributed by atoms with Crippen LogP contribution in [0.2, 0.25) is 0 Å². The van der Waals surface area contributed by atoms with E-state index < -0.39 is 5.69 Å². The van der Waals surface area contributed by atoms with Crippen molar-refractivity contribution < 1.29 is 4.42 Å². The summed E-state index contributed by atoms with van der Waals surface area (Å²) in [5.74, 6) is 2.20. The molecule has 0 aliphatic rings. The molecule has 0 amide bonds. The van der Waals surface area contributed by atoms with E-state index in [2.05, 4.69) is 40.3 Å². The summed E-state index contributed by atoms with van der Waals surface area (Å²) in [4.78, 5) is 41.5. The van der Waals surface area contributed by atoms with Gasteiger partial charge in [0.1, 0.15) is 17.5 Å². The maximum Gasteiger partial charge on any atom is 0.356 e. The molecule has 7 aromatic carbocycles. The zero-order chi connectivity index (χ0) is 38.6. The number of fused-ring (bicyclic) bond motifs is 6. The average molecular weight is 748 g/mol. The van der Waals surface area contributed by atoms with Gasteiger partial charge in [0.25, 0.3) is 0 Å². The van der Waals surface area contributed by atoms with Gasteiger partial charge in [0.15, 0.2) is 28.9 Å². The third-order valence-electron chi connectivity index (χ3n) is 10.4. The Balaban J connectivity index is 1.01. The van der Waals surface area contributed by atoms with Crippen LogP contribution in [0.3, 0.4) is 0 Å². The topological polar surface area (TPSA) is 112 Å². The van der Waals surface area contributed by atoms with Gasteiger partial charge in [-0.05, 0) is 58.7 Å². The molecule has 0 atom stereocenters. The molecule has 0 saturated heterocycles. The van der Waals surface area contributed by atoms with Gasteiger partial charge in [-0.25, -0.2) is 34.1 Å². The molecule has 0 aliphatic heterocycles. The predicted molar refractivity (Wildman–Crippen MR) is 228 cm³/mol. The molecule has 4 heterocycles. The van der Waals surface area contributed by atoms with Gasteiger partial charge < -0.3 is 4.42 Å². The zero-order valence-electron chi connectivity index (χ0n) is 30.7. The lowest BCUT2D eigenvalue weighted by Crippen LogP contribution is -2.19. The molecule has 0 radical (unpaired) electrons. The lowest BCUT2D eigenvalue weighted by molar-refractivity contribution is 0.669. The Morgan fingerprint density at radius 1 is 0.414 bits per heavy atom. The quantitative estimate of drug-likeness (QED) is 0.155. The van der Waals surface area contributed by atoms with Crippen LogP contribution in [-0.4, -0.2) is 34.3 Å². The fourth-order valence-corrected chi connectivity index (χ4v) is 7.56. The lowest BCUT2D eigenvalue weighted by Gasteiger charge is -2.10. The van der Waals surface area contributed by atoms with Gasteiger partial charge in [0, 0.05) is 38.4 Å². The largest absolute Gasteiger partial charge is 0.456 e. The van der Waals surface area contributed by atoms with Crippen LogP contribution in [0.25, 0.3) is 106 Å². The lowest BCUT2D eigenvalue weighted by atomic mass is 9.96. The maximum absolute atomic E-state index is 13.1. The Kier molecular flexibility index (Phi) is 7.75. The maximum atomic E-state index is 13.1. The van der Waals surface area contributed by atoms with Crippen LogP contribution in [0.4, 0.5) is 0 Å². The van der Waals surface area contributed by atoms with E-state index in [9.17, 15) is 4.79 Å². The molecule has 0 spiro atoms. The SMILES string of the molecule is O=c1nc(-c2ccccc2)nc2c3ccc(-c4cccc5oc6ccc(-c7cccc(-c8nc(-c9ccccc9)nc(-c9ccccc9)n8)c7)cc6c45)cc3ncn12. The number of nitrogens with zero attached hydrogens (tertiary/aromatic N) is 7. The van der Waals surface area contributed by atoms with E-state index in [0.717, 1.165) is 71.8 Å². The van der Waals surface area contributed by atoms with E-state index in [1.807, 2.05) is 140 Å². The highest BCUT2D eigenvalue weighted by atomic mass is 16.3. The highest BCUT2D eigenvalue weighted by Gasteiger charge is 2.17. The van der Waals surface area contributed by atoms with Crippen molar-refractivity contribution in [1.29, 1.82) is 0 Å². The number of rotatable bonds is 6. The number of hydrogen-bond acceptors (Lipinski definition) is 8. The monoisotopic (exact) mass is 747 g/mol. The van der Waals surface area contributed by atoms with Crippen LogP contribution >= 0.6 is 0 Å². The van der Waals surface area contributed by atoms with Crippen molar-refractivity contribution in [3.05, 3.63) is 187 Å². The minimum absolute atomic E-state index is 0.375. The standard InChI is InChI=1S/C49H29N7O2/c57-49-55-46(32-16-8-3-9-17-32)54-48-38-24-22-35(28-40(38)50-29-56(48)49)37-20-11-21-42-43(37)39-27-34(23-25-41(39)58-42)33-18-10-19-36(26-33)47-52-44(30-12-4-1-5-13-30)51-45(53-47)31-14-6-2-7-15-31/h1-29H. The van der Waals surface area contributed by atoms with Gasteiger partial charge in [-0.2, -0.15) is 4.98 Å². The van der Waals surface area contributed by atoms with E-state index >= 15 is 0 Å². The van der Waals surface area contributed by atoms with E-state index in [1.165, 1.54) is 10.7 Å². The molecular formula is C49H29N7O2. The Morgan fingerprint density at radius 3 is 1.67 bits per heavy atom. The first kappa shape index (κ1) is 33.2. The Hall–Kier alpha value is -8.17. The summed E-state index contributed by atoms with van der Waals surface area (Å²) in [6.45, 7) is 0. The normalized spacial score (nSPS) is 11.5. The van der Waals surface area contributed by atoms with Crippen molar-refractivity contribution in [1.82, 2.24) is 34.3 Å². The Bertz CT molecular complexity index is 3360. The second-order valence-corrected chi connectivity index (χ2v) is 14.0. The first-order chi connectivity index (χ1) is 28.6. The van der Waals surface area contributed by atoms with Crippen molar-refractivity contribution in [2.75, 3.05) is 0 Å². The minimum Gasteiger partial charge on any atom is -0.456 e. The zero-order valence-corrected chi connectivity index (χ0v) is 30.7. The summed E-state index contributed by atoms with van der Waals surface area (Å²) >= 11 is 0. The molecular weight excluding hydrogens is 719 g/mol. The van der Waals surface area contributed by atoms with E-state index in [0.29, 0.717) is 34.5 Å². The summed E-state index contributed by atoms with van der Waals surface area (Å²) in [7, 11) is 0. The first-order valence-electron chi connectivity index (χ1n) is 18.8. The Morgan fingerprint density at radius 2 is 0.983 bits per heavy atom. The summed E-state index contributed by atoms with van der Waals surface area (Å²) in [5.41, 5.74) is 9.85. The van der Waals surface area contributed by atoms with Crippen LogP contribution in [-0.2, 0) is 0 Å². The molecule has 0 aliphatic carbocycles. The summed E-state index contributed by atoms with van der Waals surface area (Å²) in [6.07, 6.45) is 1.49. The molecule has 0 saturated carbocycles. The van der Waals surface area contributed by atoms with Crippen LogP contribution < -0.4 is 5.69 Å². The molecule has 0 N–H and O–H groups in total.